The van der Waals surface area contributed by atoms with E-state index in [1.807, 2.05) is 0 Å². The fraction of sp³-hybridized carbons (Fsp3) is 0.143. The molecule has 0 spiro atoms. The fourth-order valence-electron chi connectivity index (χ4n) is 1.70. The lowest BCUT2D eigenvalue weighted by molar-refractivity contribution is 0.102. The summed E-state index contributed by atoms with van der Waals surface area (Å²) in [5, 5.41) is 2.91. The van der Waals surface area contributed by atoms with Gasteiger partial charge >= 0.3 is 0 Å². The van der Waals surface area contributed by atoms with Crippen molar-refractivity contribution in [2.45, 2.75) is 0 Å². The molecular formula is C14H12ClFN2O3. The van der Waals surface area contributed by atoms with Crippen molar-refractivity contribution < 1.29 is 18.7 Å². The molecule has 21 heavy (non-hydrogen) atoms. The zero-order valence-electron chi connectivity index (χ0n) is 11.3. The van der Waals surface area contributed by atoms with Crippen molar-refractivity contribution in [3.8, 4) is 11.5 Å². The lowest BCUT2D eigenvalue weighted by Crippen LogP contribution is -2.13. The summed E-state index contributed by atoms with van der Waals surface area (Å²) >= 11 is 6.01. The zero-order chi connectivity index (χ0) is 15.4. The predicted octanol–water partition coefficient (Wildman–Crippen LogP) is 3.14. The third-order valence-electron chi connectivity index (χ3n) is 2.71. The molecular weight excluding hydrogens is 299 g/mol. The van der Waals surface area contributed by atoms with E-state index in [1.54, 1.807) is 6.07 Å². The van der Waals surface area contributed by atoms with Crippen LogP contribution in [0.5, 0.6) is 11.5 Å². The van der Waals surface area contributed by atoms with Crippen LogP contribution in [0.2, 0.25) is 5.02 Å². The number of nitrogens with zero attached hydrogens (tertiary/aromatic N) is 1. The van der Waals surface area contributed by atoms with Crippen LogP contribution in [0.4, 0.5) is 10.1 Å². The Labute approximate surface area is 125 Å². The topological polar surface area (TPSA) is 60.5 Å². The minimum atomic E-state index is -0.734. The molecule has 110 valence electrons. The highest BCUT2D eigenvalue weighted by Gasteiger charge is 2.14. The van der Waals surface area contributed by atoms with Crippen LogP contribution in [0, 0.1) is 5.95 Å². The number of hydrogen-bond acceptors (Lipinski definition) is 4. The van der Waals surface area contributed by atoms with Crippen LogP contribution < -0.4 is 14.8 Å². The summed E-state index contributed by atoms with van der Waals surface area (Å²) < 4.78 is 23.2. The number of aromatic nitrogens is 1. The molecule has 1 aromatic heterocycles. The Bertz CT molecular complexity index is 679. The van der Waals surface area contributed by atoms with Gasteiger partial charge in [-0.05, 0) is 12.1 Å². The number of ether oxygens (including phenoxy) is 2. The SMILES string of the molecule is COc1cc(OC)c(NC(=O)c2ccnc(F)c2)cc1Cl. The molecule has 7 heteroatoms. The summed E-state index contributed by atoms with van der Waals surface area (Å²) in [5.41, 5.74) is 0.488. The minimum absolute atomic E-state index is 0.136. The second kappa shape index (κ2) is 6.41. The average Bonchev–Trinajstić information content (AvgIpc) is 2.47. The number of methoxy groups -OCH3 is 2. The van der Waals surface area contributed by atoms with Crippen LogP contribution in [-0.4, -0.2) is 25.1 Å². The minimum Gasteiger partial charge on any atom is -0.495 e. The van der Waals surface area contributed by atoms with Crippen LogP contribution >= 0.6 is 11.6 Å². The summed E-state index contributed by atoms with van der Waals surface area (Å²) in [4.78, 5) is 15.5. The Balaban J connectivity index is 2.30. The highest BCUT2D eigenvalue weighted by atomic mass is 35.5. The van der Waals surface area contributed by atoms with Gasteiger partial charge in [0.1, 0.15) is 11.5 Å². The number of carbonyl (C=O) groups is 1. The molecule has 1 amide bonds. The first-order valence-electron chi connectivity index (χ1n) is 5.89. The third kappa shape index (κ3) is 3.41. The van der Waals surface area contributed by atoms with Gasteiger partial charge in [-0.3, -0.25) is 4.79 Å². The van der Waals surface area contributed by atoms with Gasteiger partial charge in [0.05, 0.1) is 24.9 Å². The zero-order valence-corrected chi connectivity index (χ0v) is 12.1. The van der Waals surface area contributed by atoms with Gasteiger partial charge in [-0.15, -0.1) is 0 Å². The van der Waals surface area contributed by atoms with Crippen LogP contribution in [0.25, 0.3) is 0 Å². The number of pyridine rings is 1. The van der Waals surface area contributed by atoms with E-state index in [-0.39, 0.29) is 5.56 Å². The molecule has 0 bridgehead atoms. The standard InChI is InChI=1S/C14H12ClFN2O3/c1-20-11-7-12(21-2)10(6-9(11)15)18-14(19)8-3-4-17-13(16)5-8/h3-7H,1-2H3,(H,18,19). The molecule has 1 N–H and O–H groups in total. The van der Waals surface area contributed by atoms with E-state index >= 15 is 0 Å². The van der Waals surface area contributed by atoms with E-state index in [0.717, 1.165) is 6.07 Å². The molecule has 0 radical (unpaired) electrons. The van der Waals surface area contributed by atoms with E-state index in [2.05, 4.69) is 10.3 Å². The second-order valence-corrected chi connectivity index (χ2v) is 4.42. The van der Waals surface area contributed by atoms with Crippen molar-refractivity contribution in [2.75, 3.05) is 19.5 Å². The molecule has 0 aliphatic rings. The molecule has 0 aliphatic carbocycles. The van der Waals surface area contributed by atoms with Crippen molar-refractivity contribution in [3.63, 3.8) is 0 Å². The first-order valence-corrected chi connectivity index (χ1v) is 6.27. The maximum atomic E-state index is 13.0. The molecule has 0 atom stereocenters. The van der Waals surface area contributed by atoms with Crippen molar-refractivity contribution >= 4 is 23.2 Å². The first kappa shape index (κ1) is 15.1. The number of benzene rings is 1. The maximum absolute atomic E-state index is 13.0. The molecule has 2 aromatic rings. The number of anilines is 1. The van der Waals surface area contributed by atoms with E-state index < -0.39 is 11.9 Å². The highest BCUT2D eigenvalue weighted by Crippen LogP contribution is 2.36. The summed E-state index contributed by atoms with van der Waals surface area (Å²) in [6.07, 6.45) is 1.21. The van der Waals surface area contributed by atoms with Crippen LogP contribution in [0.15, 0.2) is 30.5 Å². The lowest BCUT2D eigenvalue weighted by atomic mass is 10.2. The summed E-state index contributed by atoms with van der Waals surface area (Å²) in [6, 6.07) is 5.47. The number of amides is 1. The van der Waals surface area contributed by atoms with Gasteiger partial charge < -0.3 is 14.8 Å². The second-order valence-electron chi connectivity index (χ2n) is 4.01. The van der Waals surface area contributed by atoms with E-state index in [0.29, 0.717) is 22.2 Å². The third-order valence-corrected chi connectivity index (χ3v) is 3.01. The Morgan fingerprint density at radius 2 is 1.95 bits per heavy atom. The van der Waals surface area contributed by atoms with Gasteiger partial charge in [-0.1, -0.05) is 11.6 Å². The van der Waals surface area contributed by atoms with Crippen LogP contribution in [0.3, 0.4) is 0 Å². The summed E-state index contributed by atoms with van der Waals surface area (Å²) in [6.45, 7) is 0. The van der Waals surface area contributed by atoms with Gasteiger partial charge in [0.2, 0.25) is 5.95 Å². The molecule has 5 nitrogen and oxygen atoms in total. The number of halogens is 2. The Kier molecular flexibility index (Phi) is 4.59. The molecule has 1 aromatic carbocycles. The number of rotatable bonds is 4. The quantitative estimate of drug-likeness (QED) is 0.881. The van der Waals surface area contributed by atoms with Crippen molar-refractivity contribution in [1.29, 1.82) is 0 Å². The average molecular weight is 311 g/mol. The maximum Gasteiger partial charge on any atom is 0.255 e. The van der Waals surface area contributed by atoms with Gasteiger partial charge in [-0.25, -0.2) is 4.98 Å². The van der Waals surface area contributed by atoms with Crippen molar-refractivity contribution in [3.05, 3.63) is 47.0 Å². The largest absolute Gasteiger partial charge is 0.495 e. The summed E-state index contributed by atoms with van der Waals surface area (Å²) in [5.74, 6) is -0.446. The normalized spacial score (nSPS) is 10.1. The van der Waals surface area contributed by atoms with Gasteiger partial charge in [0.25, 0.3) is 5.91 Å². The Morgan fingerprint density at radius 3 is 2.57 bits per heavy atom. The van der Waals surface area contributed by atoms with E-state index in [9.17, 15) is 9.18 Å². The van der Waals surface area contributed by atoms with Gasteiger partial charge in [-0.2, -0.15) is 4.39 Å². The highest BCUT2D eigenvalue weighted by molar-refractivity contribution is 6.32. The van der Waals surface area contributed by atoms with E-state index in [4.69, 9.17) is 21.1 Å². The van der Waals surface area contributed by atoms with Crippen LogP contribution in [-0.2, 0) is 0 Å². The van der Waals surface area contributed by atoms with Crippen molar-refractivity contribution in [1.82, 2.24) is 4.98 Å². The Hall–Kier alpha value is -2.34. The Morgan fingerprint density at radius 1 is 1.24 bits per heavy atom. The molecule has 2 rings (SSSR count). The van der Waals surface area contributed by atoms with Crippen molar-refractivity contribution in [2.24, 2.45) is 0 Å². The number of nitrogens with one attached hydrogen (secondary N) is 1. The number of hydrogen-bond donors (Lipinski definition) is 1. The van der Waals surface area contributed by atoms with Gasteiger partial charge in [0, 0.05) is 23.9 Å². The molecule has 1 heterocycles. The van der Waals surface area contributed by atoms with Gasteiger partial charge in [0.15, 0.2) is 0 Å². The molecule has 0 aliphatic heterocycles. The monoisotopic (exact) mass is 310 g/mol. The molecule has 0 saturated carbocycles. The van der Waals surface area contributed by atoms with Crippen LogP contribution in [0.1, 0.15) is 10.4 Å². The lowest BCUT2D eigenvalue weighted by Gasteiger charge is -2.13. The predicted molar refractivity (Wildman–Crippen MR) is 76.7 cm³/mol. The molecule has 0 unspecified atom stereocenters. The fourth-order valence-corrected chi connectivity index (χ4v) is 1.94. The number of carbonyl (C=O) groups excluding carboxylic acids is 1. The smallest absolute Gasteiger partial charge is 0.255 e. The molecule has 0 saturated heterocycles. The molecule has 0 fully saturated rings. The summed E-state index contributed by atoms with van der Waals surface area (Å²) in [7, 11) is 2.92. The van der Waals surface area contributed by atoms with E-state index in [1.165, 1.54) is 32.5 Å². The first-order chi connectivity index (χ1) is 10.0.